The minimum Gasteiger partial charge on any atom is -0.309 e. The van der Waals surface area contributed by atoms with E-state index in [1.165, 1.54) is 6.92 Å². The molecule has 0 spiro atoms. The third-order valence-corrected chi connectivity index (χ3v) is 6.98. The summed E-state index contributed by atoms with van der Waals surface area (Å²) in [4.78, 5) is 13.7. The van der Waals surface area contributed by atoms with Crippen LogP contribution in [0.3, 0.4) is 0 Å². The van der Waals surface area contributed by atoms with Crippen molar-refractivity contribution < 1.29 is 13.2 Å². The molecule has 0 bridgehead atoms. The Hall–Kier alpha value is -1.57. The lowest BCUT2D eigenvalue weighted by atomic mass is 10.1. The summed E-state index contributed by atoms with van der Waals surface area (Å²) < 4.78 is 29.0. The first-order valence-corrected chi connectivity index (χ1v) is 10.7. The number of benzene rings is 2. The van der Waals surface area contributed by atoms with Crippen LogP contribution in [-0.4, -0.2) is 20.4 Å². The molecule has 2 aromatic carbocycles. The second-order valence-corrected chi connectivity index (χ2v) is 9.36. The van der Waals surface area contributed by atoms with Crippen molar-refractivity contribution in [2.24, 2.45) is 0 Å². The Morgan fingerprint density at radius 2 is 2.00 bits per heavy atom. The van der Waals surface area contributed by atoms with Crippen LogP contribution in [0.5, 0.6) is 0 Å². The molecule has 1 aliphatic rings. The second-order valence-electron chi connectivity index (χ2n) is 6.42. The lowest BCUT2D eigenvalue weighted by Crippen LogP contribution is -2.33. The van der Waals surface area contributed by atoms with Gasteiger partial charge in [0.1, 0.15) is 4.90 Å². The van der Waals surface area contributed by atoms with E-state index in [1.807, 2.05) is 6.92 Å². The van der Waals surface area contributed by atoms with E-state index < -0.39 is 10.0 Å². The van der Waals surface area contributed by atoms with Gasteiger partial charge in [-0.3, -0.25) is 9.52 Å². The summed E-state index contributed by atoms with van der Waals surface area (Å²) in [7, 11) is -3.86. The van der Waals surface area contributed by atoms with E-state index in [9.17, 15) is 13.2 Å². The molecule has 1 heterocycles. The van der Waals surface area contributed by atoms with Crippen molar-refractivity contribution in [2.75, 3.05) is 9.62 Å². The number of hydrogen-bond donors (Lipinski definition) is 1. The number of hydrogen-bond acceptors (Lipinski definition) is 3. The van der Waals surface area contributed by atoms with Crippen LogP contribution in [0, 0.1) is 6.92 Å². The van der Waals surface area contributed by atoms with Gasteiger partial charge in [-0.25, -0.2) is 8.42 Å². The van der Waals surface area contributed by atoms with E-state index in [1.54, 1.807) is 42.2 Å². The predicted molar refractivity (Wildman–Crippen MR) is 107 cm³/mol. The zero-order valence-electron chi connectivity index (χ0n) is 14.5. The van der Waals surface area contributed by atoms with Crippen LogP contribution >= 0.6 is 27.5 Å². The Labute approximate surface area is 166 Å². The summed E-state index contributed by atoms with van der Waals surface area (Å²) in [5.41, 5.74) is 2.75. The van der Waals surface area contributed by atoms with E-state index >= 15 is 0 Å². The number of amides is 1. The molecule has 5 nitrogen and oxygen atoms in total. The van der Waals surface area contributed by atoms with Gasteiger partial charge in [-0.2, -0.15) is 0 Å². The molecule has 1 atom stereocenters. The van der Waals surface area contributed by atoms with E-state index in [0.29, 0.717) is 27.3 Å². The summed E-state index contributed by atoms with van der Waals surface area (Å²) in [6, 6.07) is 8.33. The molecule has 1 N–H and O–H groups in total. The van der Waals surface area contributed by atoms with E-state index in [2.05, 4.69) is 20.7 Å². The summed E-state index contributed by atoms with van der Waals surface area (Å²) >= 11 is 9.34. The number of halogens is 2. The maximum Gasteiger partial charge on any atom is 0.263 e. The van der Waals surface area contributed by atoms with Crippen molar-refractivity contribution in [3.63, 3.8) is 0 Å². The fourth-order valence-corrected chi connectivity index (χ4v) is 5.61. The molecule has 0 fully saturated rings. The molecule has 0 radical (unpaired) electrons. The molecular weight excluding hydrogens is 440 g/mol. The molecule has 3 rings (SSSR count). The number of anilines is 2. The van der Waals surface area contributed by atoms with Crippen molar-refractivity contribution in [1.82, 2.24) is 0 Å². The lowest BCUT2D eigenvalue weighted by Gasteiger charge is -2.21. The molecule has 0 aromatic heterocycles. The molecule has 0 aliphatic carbocycles. The highest BCUT2D eigenvalue weighted by molar-refractivity contribution is 9.10. The maximum atomic E-state index is 13.0. The van der Waals surface area contributed by atoms with Crippen molar-refractivity contribution >= 4 is 54.8 Å². The van der Waals surface area contributed by atoms with Crippen molar-refractivity contribution in [1.29, 1.82) is 0 Å². The fraction of sp³-hybridized carbons (Fsp3) is 0.278. The van der Waals surface area contributed by atoms with Crippen molar-refractivity contribution in [3.8, 4) is 0 Å². The summed E-state index contributed by atoms with van der Waals surface area (Å²) in [6.07, 6.45) is 0.689. The number of fused-ring (bicyclic) bond motifs is 1. The Morgan fingerprint density at radius 1 is 1.31 bits per heavy atom. The fourth-order valence-electron chi connectivity index (χ4n) is 3.21. The minimum absolute atomic E-state index is 0.00418. The highest BCUT2D eigenvalue weighted by atomic mass is 79.9. The van der Waals surface area contributed by atoms with Crippen LogP contribution in [0.4, 0.5) is 11.4 Å². The standard InChI is InChI=1S/C18H18BrClN2O3S/c1-10-4-5-14(20)8-16(10)21-26(24,25)18-9-17-13(7-15(18)19)6-11(2)22(17)12(3)23/h4-5,7-9,11,21H,6H2,1-3H3/t11-/m0/s1. The number of carbonyl (C=O) groups excluding carboxylic acids is 1. The molecule has 1 amide bonds. The first kappa shape index (κ1) is 19.2. The number of carbonyl (C=O) groups is 1. The number of rotatable bonds is 3. The van der Waals surface area contributed by atoms with Gasteiger partial charge in [0.25, 0.3) is 10.0 Å². The quantitative estimate of drug-likeness (QED) is 0.737. The number of nitrogens with zero attached hydrogens (tertiary/aromatic N) is 1. The van der Waals surface area contributed by atoms with E-state index in [0.717, 1.165) is 11.1 Å². The number of sulfonamides is 1. The summed E-state index contributed by atoms with van der Waals surface area (Å²) in [5.74, 6) is -0.111. The van der Waals surface area contributed by atoms with Gasteiger partial charge in [-0.15, -0.1) is 0 Å². The van der Waals surface area contributed by atoms with Gasteiger partial charge in [0.2, 0.25) is 5.91 Å². The Kier molecular flexibility index (Phi) is 5.07. The number of nitrogens with one attached hydrogen (secondary N) is 1. The molecule has 0 unspecified atom stereocenters. The third-order valence-electron chi connectivity index (χ3n) is 4.42. The van der Waals surface area contributed by atoms with Crippen molar-refractivity contribution in [3.05, 3.63) is 51.0 Å². The summed E-state index contributed by atoms with van der Waals surface area (Å²) in [5, 5.41) is 0.442. The van der Waals surface area contributed by atoms with Crippen LogP contribution < -0.4 is 9.62 Å². The van der Waals surface area contributed by atoms with Gasteiger partial charge in [0, 0.05) is 28.1 Å². The molecule has 138 valence electrons. The van der Waals surface area contributed by atoms with Gasteiger partial charge >= 0.3 is 0 Å². The van der Waals surface area contributed by atoms with Crippen LogP contribution in [0.25, 0.3) is 0 Å². The lowest BCUT2D eigenvalue weighted by molar-refractivity contribution is -0.116. The normalized spacial score (nSPS) is 16.5. The van der Waals surface area contributed by atoms with Gasteiger partial charge in [-0.1, -0.05) is 17.7 Å². The van der Waals surface area contributed by atoms with Gasteiger partial charge in [0.15, 0.2) is 0 Å². The first-order valence-electron chi connectivity index (χ1n) is 8.01. The highest BCUT2D eigenvalue weighted by Crippen LogP contribution is 2.38. The molecule has 2 aromatic rings. The average molecular weight is 458 g/mol. The third kappa shape index (κ3) is 3.48. The molecule has 26 heavy (non-hydrogen) atoms. The topological polar surface area (TPSA) is 66.5 Å². The zero-order valence-corrected chi connectivity index (χ0v) is 17.7. The Morgan fingerprint density at radius 3 is 2.65 bits per heavy atom. The maximum absolute atomic E-state index is 13.0. The average Bonchev–Trinajstić information content (AvgIpc) is 2.84. The highest BCUT2D eigenvalue weighted by Gasteiger charge is 2.32. The van der Waals surface area contributed by atoms with Crippen molar-refractivity contribution in [2.45, 2.75) is 38.1 Å². The molecule has 1 aliphatic heterocycles. The monoisotopic (exact) mass is 456 g/mol. The SMILES string of the molecule is CC(=O)N1c2cc(S(=O)(=O)Nc3cc(Cl)ccc3C)c(Br)cc2C[C@@H]1C. The van der Waals surface area contributed by atoms with Gasteiger partial charge in [0.05, 0.1) is 5.69 Å². The smallest absolute Gasteiger partial charge is 0.263 e. The molecular formula is C18H18BrClN2O3S. The number of aryl methyl sites for hydroxylation is 1. The van der Waals surface area contributed by atoms with E-state index in [-0.39, 0.29) is 16.8 Å². The Balaban J connectivity index is 2.06. The van der Waals surface area contributed by atoms with Crippen LogP contribution in [0.2, 0.25) is 5.02 Å². The van der Waals surface area contributed by atoms with E-state index in [4.69, 9.17) is 11.6 Å². The van der Waals surface area contributed by atoms with Gasteiger partial charge in [-0.05, 0) is 71.6 Å². The van der Waals surface area contributed by atoms with Crippen LogP contribution in [0.1, 0.15) is 25.0 Å². The summed E-state index contributed by atoms with van der Waals surface area (Å²) in [6.45, 7) is 5.22. The Bertz CT molecular complexity index is 1010. The predicted octanol–water partition coefficient (Wildman–Crippen LogP) is 4.51. The minimum atomic E-state index is -3.86. The van der Waals surface area contributed by atoms with Crippen LogP contribution in [-0.2, 0) is 21.2 Å². The second kappa shape index (κ2) is 6.87. The first-order chi connectivity index (χ1) is 12.1. The van der Waals surface area contributed by atoms with Gasteiger partial charge < -0.3 is 4.90 Å². The largest absolute Gasteiger partial charge is 0.309 e. The zero-order chi connectivity index (χ0) is 19.2. The molecule has 0 saturated heterocycles. The molecule has 8 heteroatoms. The van der Waals surface area contributed by atoms with Crippen LogP contribution in [0.15, 0.2) is 39.7 Å². The molecule has 0 saturated carbocycles.